The topological polar surface area (TPSA) is 106 Å². The van der Waals surface area contributed by atoms with Gasteiger partial charge in [-0.2, -0.15) is 0 Å². The highest BCUT2D eigenvalue weighted by Crippen LogP contribution is 2.24. The molecule has 29 heavy (non-hydrogen) atoms. The standard InChI is InChI=1S/C20H21FN4O4/c21-16-6-2-3-7-18(16)23-20(27)15-12-14(25(28)29)8-9-17(15)22-19(26)13-24-10-4-1-5-11-24/h2-3,6-9,12H,1,4-5,10-11,13H2,(H,22,26)(H,23,27)/p+1. The van der Waals surface area contributed by atoms with E-state index in [-0.39, 0.29) is 35.1 Å². The third-order valence-corrected chi connectivity index (χ3v) is 4.83. The van der Waals surface area contributed by atoms with Gasteiger partial charge in [0.1, 0.15) is 5.82 Å². The van der Waals surface area contributed by atoms with Crippen LogP contribution in [-0.2, 0) is 4.79 Å². The van der Waals surface area contributed by atoms with Crippen LogP contribution < -0.4 is 15.5 Å². The van der Waals surface area contributed by atoms with Crippen LogP contribution >= 0.6 is 0 Å². The molecule has 2 aromatic carbocycles. The highest BCUT2D eigenvalue weighted by molar-refractivity contribution is 6.10. The van der Waals surface area contributed by atoms with E-state index in [9.17, 15) is 24.1 Å². The minimum absolute atomic E-state index is 0.0564. The number of carbonyl (C=O) groups is 2. The summed E-state index contributed by atoms with van der Waals surface area (Å²) < 4.78 is 13.8. The van der Waals surface area contributed by atoms with Crippen LogP contribution in [0.4, 0.5) is 21.5 Å². The van der Waals surface area contributed by atoms with E-state index < -0.39 is 16.6 Å². The number of non-ortho nitro benzene ring substituents is 1. The van der Waals surface area contributed by atoms with Gasteiger partial charge in [0, 0.05) is 12.1 Å². The predicted octanol–water partition coefficient (Wildman–Crippen LogP) is 1.99. The number of para-hydroxylation sites is 1. The molecule has 0 bridgehead atoms. The molecular formula is C20H22FN4O4+. The maximum Gasteiger partial charge on any atom is 0.279 e. The third kappa shape index (κ3) is 5.35. The fourth-order valence-corrected chi connectivity index (χ4v) is 3.34. The number of hydrogen-bond acceptors (Lipinski definition) is 4. The van der Waals surface area contributed by atoms with E-state index in [1.807, 2.05) is 0 Å². The highest BCUT2D eigenvalue weighted by Gasteiger charge is 2.22. The van der Waals surface area contributed by atoms with Crippen molar-refractivity contribution in [2.45, 2.75) is 19.3 Å². The Balaban J connectivity index is 1.80. The summed E-state index contributed by atoms with van der Waals surface area (Å²) in [6.45, 7) is 2.08. The molecule has 152 valence electrons. The molecule has 0 aliphatic carbocycles. The number of nitro groups is 1. The van der Waals surface area contributed by atoms with Crippen molar-refractivity contribution in [1.82, 2.24) is 0 Å². The van der Waals surface area contributed by atoms with Gasteiger partial charge < -0.3 is 15.5 Å². The Labute approximate surface area is 166 Å². The Morgan fingerprint density at radius 3 is 2.45 bits per heavy atom. The summed E-state index contributed by atoms with van der Waals surface area (Å²) in [5, 5.41) is 16.2. The molecule has 1 saturated heterocycles. The van der Waals surface area contributed by atoms with E-state index in [1.54, 1.807) is 6.07 Å². The maximum absolute atomic E-state index is 13.8. The number of halogens is 1. The quantitative estimate of drug-likeness (QED) is 0.508. The molecule has 0 radical (unpaired) electrons. The molecule has 0 spiro atoms. The molecule has 1 aliphatic heterocycles. The van der Waals surface area contributed by atoms with Crippen LogP contribution in [0.25, 0.3) is 0 Å². The molecule has 1 aliphatic rings. The van der Waals surface area contributed by atoms with E-state index in [4.69, 9.17) is 0 Å². The number of quaternary nitrogens is 1. The summed E-state index contributed by atoms with van der Waals surface area (Å²) in [6.07, 6.45) is 3.29. The summed E-state index contributed by atoms with van der Waals surface area (Å²) in [5.74, 6) is -1.67. The Morgan fingerprint density at radius 2 is 1.76 bits per heavy atom. The van der Waals surface area contributed by atoms with Crippen LogP contribution in [0.5, 0.6) is 0 Å². The van der Waals surface area contributed by atoms with Gasteiger partial charge >= 0.3 is 0 Å². The molecule has 9 heteroatoms. The van der Waals surface area contributed by atoms with Crippen molar-refractivity contribution in [1.29, 1.82) is 0 Å². The van der Waals surface area contributed by atoms with Gasteiger partial charge in [0.2, 0.25) is 0 Å². The Hall–Kier alpha value is -3.33. The first kappa shape index (κ1) is 20.4. The number of carbonyl (C=O) groups excluding carboxylic acids is 2. The highest BCUT2D eigenvalue weighted by atomic mass is 19.1. The molecular weight excluding hydrogens is 379 g/mol. The van der Waals surface area contributed by atoms with Gasteiger partial charge in [-0.05, 0) is 37.5 Å². The lowest BCUT2D eigenvalue weighted by Crippen LogP contribution is -3.13. The lowest BCUT2D eigenvalue weighted by Gasteiger charge is -2.23. The molecule has 2 aromatic rings. The molecule has 3 rings (SSSR count). The van der Waals surface area contributed by atoms with E-state index in [0.29, 0.717) is 0 Å². The fourth-order valence-electron chi connectivity index (χ4n) is 3.34. The number of amides is 2. The lowest BCUT2D eigenvalue weighted by atomic mass is 10.1. The molecule has 1 fully saturated rings. The number of likely N-dealkylation sites (tertiary alicyclic amines) is 1. The van der Waals surface area contributed by atoms with Crippen LogP contribution in [0.15, 0.2) is 42.5 Å². The number of benzene rings is 2. The van der Waals surface area contributed by atoms with Crippen LogP contribution in [0.2, 0.25) is 0 Å². The molecule has 8 nitrogen and oxygen atoms in total. The van der Waals surface area contributed by atoms with Gasteiger partial charge in [-0.3, -0.25) is 19.7 Å². The Kier molecular flexibility index (Phi) is 6.50. The summed E-state index contributed by atoms with van der Waals surface area (Å²) in [5.41, 5.74) is -0.322. The number of nitrogens with zero attached hydrogens (tertiary/aromatic N) is 1. The van der Waals surface area contributed by atoms with Crippen LogP contribution in [0.3, 0.4) is 0 Å². The lowest BCUT2D eigenvalue weighted by molar-refractivity contribution is -0.896. The number of hydrogen-bond donors (Lipinski definition) is 3. The first-order valence-electron chi connectivity index (χ1n) is 9.42. The van der Waals surface area contributed by atoms with Gasteiger partial charge in [-0.15, -0.1) is 0 Å². The maximum atomic E-state index is 13.8. The largest absolute Gasteiger partial charge is 0.327 e. The predicted molar refractivity (Wildman–Crippen MR) is 105 cm³/mol. The first-order valence-corrected chi connectivity index (χ1v) is 9.42. The number of nitro benzene ring substituents is 1. The van der Waals surface area contributed by atoms with Crippen molar-refractivity contribution in [2.24, 2.45) is 0 Å². The fraction of sp³-hybridized carbons (Fsp3) is 0.300. The second kappa shape index (κ2) is 9.24. The van der Waals surface area contributed by atoms with E-state index in [2.05, 4.69) is 10.6 Å². The zero-order valence-corrected chi connectivity index (χ0v) is 15.7. The summed E-state index contributed by atoms with van der Waals surface area (Å²) in [7, 11) is 0. The number of piperidine rings is 1. The van der Waals surface area contributed by atoms with Gasteiger partial charge in [0.05, 0.1) is 35.0 Å². The van der Waals surface area contributed by atoms with E-state index >= 15 is 0 Å². The van der Waals surface area contributed by atoms with Gasteiger partial charge in [0.25, 0.3) is 17.5 Å². The number of anilines is 2. The zero-order valence-electron chi connectivity index (χ0n) is 15.7. The Bertz CT molecular complexity index is 928. The van der Waals surface area contributed by atoms with Crippen molar-refractivity contribution in [3.8, 4) is 0 Å². The van der Waals surface area contributed by atoms with Crippen LogP contribution in [0, 0.1) is 15.9 Å². The Morgan fingerprint density at radius 1 is 1.03 bits per heavy atom. The zero-order chi connectivity index (χ0) is 20.8. The van der Waals surface area contributed by atoms with Crippen molar-refractivity contribution in [3.63, 3.8) is 0 Å². The van der Waals surface area contributed by atoms with Gasteiger partial charge in [0.15, 0.2) is 6.54 Å². The van der Waals surface area contributed by atoms with E-state index in [0.717, 1.165) is 43.3 Å². The van der Waals surface area contributed by atoms with Crippen molar-refractivity contribution in [2.75, 3.05) is 30.3 Å². The van der Waals surface area contributed by atoms with Crippen LogP contribution in [0.1, 0.15) is 29.6 Å². The SMILES string of the molecule is O=C(C[NH+]1CCCCC1)Nc1ccc([N+](=O)[O-])cc1C(=O)Nc1ccccc1F. The monoisotopic (exact) mass is 401 g/mol. The average molecular weight is 401 g/mol. The van der Waals surface area contributed by atoms with Crippen LogP contribution in [-0.4, -0.2) is 36.4 Å². The second-order valence-electron chi connectivity index (χ2n) is 6.96. The van der Waals surface area contributed by atoms with E-state index in [1.165, 1.54) is 30.3 Å². The van der Waals surface area contributed by atoms with Gasteiger partial charge in [-0.1, -0.05) is 12.1 Å². The van der Waals surface area contributed by atoms with Gasteiger partial charge in [-0.25, -0.2) is 4.39 Å². The molecule has 0 aromatic heterocycles. The normalized spacial score (nSPS) is 14.2. The summed E-state index contributed by atoms with van der Waals surface area (Å²) >= 11 is 0. The average Bonchev–Trinajstić information content (AvgIpc) is 2.70. The number of rotatable bonds is 6. The van der Waals surface area contributed by atoms with Crippen molar-refractivity contribution in [3.05, 3.63) is 64.0 Å². The molecule has 2 amide bonds. The third-order valence-electron chi connectivity index (χ3n) is 4.83. The molecule has 0 atom stereocenters. The molecule has 3 N–H and O–H groups in total. The smallest absolute Gasteiger partial charge is 0.279 e. The minimum Gasteiger partial charge on any atom is -0.327 e. The second-order valence-corrected chi connectivity index (χ2v) is 6.96. The summed E-state index contributed by atoms with van der Waals surface area (Å²) in [6, 6.07) is 9.19. The van der Waals surface area contributed by atoms with Crippen molar-refractivity contribution < 1.29 is 23.8 Å². The minimum atomic E-state index is -0.751. The molecule has 0 saturated carbocycles. The summed E-state index contributed by atoms with van der Waals surface area (Å²) in [4.78, 5) is 36.7. The molecule has 1 heterocycles. The molecule has 0 unspecified atom stereocenters. The number of nitrogens with one attached hydrogen (secondary N) is 3. The first-order chi connectivity index (χ1) is 13.9. The van der Waals surface area contributed by atoms with Crippen molar-refractivity contribution >= 4 is 28.9 Å².